The van der Waals surface area contributed by atoms with Gasteiger partial charge in [-0.25, -0.2) is 14.3 Å². The van der Waals surface area contributed by atoms with Crippen LogP contribution in [0.15, 0.2) is 53.5 Å². The summed E-state index contributed by atoms with van der Waals surface area (Å²) in [6.45, 7) is 2.61. The predicted molar refractivity (Wildman–Crippen MR) is 103 cm³/mol. The number of aromatic nitrogens is 3. The van der Waals surface area contributed by atoms with Gasteiger partial charge in [0, 0.05) is 18.7 Å². The topological polar surface area (TPSA) is 91.3 Å². The number of rotatable bonds is 5. The number of nitrogens with one attached hydrogen (secondary N) is 3. The van der Waals surface area contributed by atoms with Crippen LogP contribution in [-0.2, 0) is 0 Å². The highest BCUT2D eigenvalue weighted by Gasteiger charge is 2.25. The molecule has 1 atom stereocenters. The number of carbonyl (C=O) groups is 1. The van der Waals surface area contributed by atoms with Crippen LogP contribution in [0.25, 0.3) is 5.65 Å². The van der Waals surface area contributed by atoms with Gasteiger partial charge in [-0.15, -0.1) is 0 Å². The Bertz CT molecular complexity index is 973. The van der Waals surface area contributed by atoms with E-state index in [4.69, 9.17) is 0 Å². The Labute approximate surface area is 156 Å². The van der Waals surface area contributed by atoms with Gasteiger partial charge in [-0.1, -0.05) is 30.3 Å². The molecular weight excluding hydrogens is 342 g/mol. The number of nitrogens with zero attached hydrogens (tertiary/aromatic N) is 2. The van der Waals surface area contributed by atoms with Crippen molar-refractivity contribution in [2.24, 2.45) is 5.92 Å². The van der Waals surface area contributed by atoms with Crippen molar-refractivity contribution in [3.05, 3.63) is 70.3 Å². The van der Waals surface area contributed by atoms with Crippen molar-refractivity contribution in [2.75, 3.05) is 19.6 Å². The van der Waals surface area contributed by atoms with Crippen LogP contribution >= 0.6 is 0 Å². The molecule has 0 saturated carbocycles. The van der Waals surface area contributed by atoms with Gasteiger partial charge in [-0.2, -0.15) is 5.10 Å². The molecule has 0 bridgehead atoms. The third-order valence-corrected chi connectivity index (χ3v) is 5.34. The van der Waals surface area contributed by atoms with E-state index in [1.165, 1.54) is 16.2 Å². The molecular formula is C20H23N5O2. The average Bonchev–Trinajstić information content (AvgIpc) is 3.10. The van der Waals surface area contributed by atoms with Crippen LogP contribution in [0.1, 0.15) is 34.7 Å². The third-order valence-electron chi connectivity index (χ3n) is 5.34. The molecule has 2 aromatic heterocycles. The fraction of sp³-hybridized carbons (Fsp3) is 0.350. The molecule has 1 aromatic carbocycles. The Morgan fingerprint density at radius 2 is 1.96 bits per heavy atom. The van der Waals surface area contributed by atoms with Crippen LogP contribution in [0.4, 0.5) is 0 Å². The SMILES string of the molecule is O=C(NCC(c1ccccc1)C1CCNCC1)c1ccc2n[nH]c(=O)n2c1. The quantitative estimate of drug-likeness (QED) is 0.640. The zero-order valence-corrected chi connectivity index (χ0v) is 15.0. The Kier molecular flexibility index (Phi) is 5.02. The molecule has 3 N–H and O–H groups in total. The number of aromatic amines is 1. The van der Waals surface area contributed by atoms with E-state index >= 15 is 0 Å². The smallest absolute Gasteiger partial charge is 0.347 e. The Hall–Kier alpha value is -2.93. The maximum Gasteiger partial charge on any atom is 0.347 e. The summed E-state index contributed by atoms with van der Waals surface area (Å²) in [7, 11) is 0. The first-order chi connectivity index (χ1) is 13.2. The van der Waals surface area contributed by atoms with Crippen molar-refractivity contribution < 1.29 is 4.79 Å². The number of hydrogen-bond acceptors (Lipinski definition) is 4. The number of hydrogen-bond donors (Lipinski definition) is 3. The van der Waals surface area contributed by atoms with E-state index in [-0.39, 0.29) is 17.5 Å². The number of amides is 1. The zero-order valence-electron chi connectivity index (χ0n) is 15.0. The largest absolute Gasteiger partial charge is 0.351 e. The summed E-state index contributed by atoms with van der Waals surface area (Å²) in [6, 6.07) is 13.7. The number of fused-ring (bicyclic) bond motifs is 1. The molecule has 3 aromatic rings. The second-order valence-corrected chi connectivity index (χ2v) is 6.99. The monoisotopic (exact) mass is 365 g/mol. The van der Waals surface area contributed by atoms with Gasteiger partial charge in [0.2, 0.25) is 0 Å². The van der Waals surface area contributed by atoms with E-state index in [9.17, 15) is 9.59 Å². The highest BCUT2D eigenvalue weighted by atomic mass is 16.2. The highest BCUT2D eigenvalue weighted by Crippen LogP contribution is 2.30. The maximum absolute atomic E-state index is 12.7. The van der Waals surface area contributed by atoms with E-state index in [0.717, 1.165) is 25.9 Å². The van der Waals surface area contributed by atoms with Crippen LogP contribution < -0.4 is 16.3 Å². The Morgan fingerprint density at radius 1 is 1.19 bits per heavy atom. The summed E-state index contributed by atoms with van der Waals surface area (Å²) in [6.07, 6.45) is 3.73. The molecule has 7 heteroatoms. The van der Waals surface area contributed by atoms with Crippen molar-refractivity contribution in [3.8, 4) is 0 Å². The Morgan fingerprint density at radius 3 is 2.74 bits per heavy atom. The fourth-order valence-electron chi connectivity index (χ4n) is 3.85. The summed E-state index contributed by atoms with van der Waals surface area (Å²) < 4.78 is 1.34. The molecule has 7 nitrogen and oxygen atoms in total. The number of H-pyrrole nitrogens is 1. The van der Waals surface area contributed by atoms with Gasteiger partial charge < -0.3 is 10.6 Å². The Balaban J connectivity index is 1.51. The van der Waals surface area contributed by atoms with Gasteiger partial charge in [0.05, 0.1) is 5.56 Å². The number of piperidine rings is 1. The molecule has 1 aliphatic heterocycles. The van der Waals surface area contributed by atoms with Crippen LogP contribution in [0.5, 0.6) is 0 Å². The van der Waals surface area contributed by atoms with Crippen LogP contribution in [0.2, 0.25) is 0 Å². The highest BCUT2D eigenvalue weighted by molar-refractivity contribution is 5.94. The van der Waals surface area contributed by atoms with Gasteiger partial charge in [0.15, 0.2) is 5.65 Å². The van der Waals surface area contributed by atoms with Gasteiger partial charge >= 0.3 is 5.69 Å². The van der Waals surface area contributed by atoms with Crippen LogP contribution in [0, 0.1) is 5.92 Å². The van der Waals surface area contributed by atoms with Gasteiger partial charge in [0.1, 0.15) is 0 Å². The molecule has 0 radical (unpaired) electrons. The molecule has 3 heterocycles. The number of pyridine rings is 1. The van der Waals surface area contributed by atoms with Crippen molar-refractivity contribution in [3.63, 3.8) is 0 Å². The molecule has 4 rings (SSSR count). The molecule has 140 valence electrons. The van der Waals surface area contributed by atoms with Gasteiger partial charge in [0.25, 0.3) is 5.91 Å². The molecule has 1 amide bonds. The average molecular weight is 365 g/mol. The van der Waals surface area contributed by atoms with Crippen molar-refractivity contribution in [1.82, 2.24) is 25.2 Å². The summed E-state index contributed by atoms with van der Waals surface area (Å²) in [4.78, 5) is 24.4. The second-order valence-electron chi connectivity index (χ2n) is 6.99. The lowest BCUT2D eigenvalue weighted by molar-refractivity contribution is 0.0946. The number of carbonyl (C=O) groups excluding carboxylic acids is 1. The summed E-state index contributed by atoms with van der Waals surface area (Å²) >= 11 is 0. The summed E-state index contributed by atoms with van der Waals surface area (Å²) in [5.74, 6) is 0.630. The van der Waals surface area contributed by atoms with Crippen molar-refractivity contribution in [1.29, 1.82) is 0 Å². The van der Waals surface area contributed by atoms with Gasteiger partial charge in [-0.3, -0.25) is 4.79 Å². The van der Waals surface area contributed by atoms with Crippen LogP contribution in [0.3, 0.4) is 0 Å². The molecule has 27 heavy (non-hydrogen) atoms. The predicted octanol–water partition coefficient (Wildman–Crippen LogP) is 1.54. The van der Waals surface area contributed by atoms with E-state index in [1.807, 2.05) is 18.2 Å². The summed E-state index contributed by atoms with van der Waals surface area (Å²) in [5.41, 5.74) is 1.85. The minimum absolute atomic E-state index is 0.181. The first-order valence-corrected chi connectivity index (χ1v) is 9.33. The molecule has 1 fully saturated rings. The normalized spacial score (nSPS) is 16.3. The molecule has 0 spiro atoms. The molecule has 1 unspecified atom stereocenters. The zero-order chi connectivity index (χ0) is 18.6. The van der Waals surface area contributed by atoms with E-state index in [2.05, 4.69) is 33.0 Å². The second kappa shape index (κ2) is 7.75. The van der Waals surface area contributed by atoms with E-state index < -0.39 is 0 Å². The lowest BCUT2D eigenvalue weighted by atomic mass is 9.80. The molecule has 0 aliphatic carbocycles. The first kappa shape index (κ1) is 17.5. The molecule has 1 aliphatic rings. The van der Waals surface area contributed by atoms with Crippen molar-refractivity contribution in [2.45, 2.75) is 18.8 Å². The maximum atomic E-state index is 12.7. The van der Waals surface area contributed by atoms with Crippen molar-refractivity contribution >= 4 is 11.6 Å². The minimum Gasteiger partial charge on any atom is -0.351 e. The molecule has 1 saturated heterocycles. The lowest BCUT2D eigenvalue weighted by Gasteiger charge is -2.31. The fourth-order valence-corrected chi connectivity index (χ4v) is 3.85. The summed E-state index contributed by atoms with van der Waals surface area (Å²) in [5, 5.41) is 12.7. The van der Waals surface area contributed by atoms with Gasteiger partial charge in [-0.05, 0) is 49.5 Å². The third kappa shape index (κ3) is 3.78. The lowest BCUT2D eigenvalue weighted by Crippen LogP contribution is -2.36. The minimum atomic E-state index is -0.350. The van der Waals surface area contributed by atoms with E-state index in [1.54, 1.807) is 12.1 Å². The number of benzene rings is 1. The van der Waals surface area contributed by atoms with Crippen LogP contribution in [-0.4, -0.2) is 40.1 Å². The standard InChI is InChI=1S/C20H23N5O2/c26-19(16-6-7-18-23-24-20(27)25(18)13-16)22-12-17(14-4-2-1-3-5-14)15-8-10-21-11-9-15/h1-7,13,15,17,21H,8-12H2,(H,22,26)(H,24,27). The van der Waals surface area contributed by atoms with E-state index in [0.29, 0.717) is 23.7 Å². The first-order valence-electron chi connectivity index (χ1n) is 9.33.